The maximum atomic E-state index is 13.0. The number of hydrogen-bond donors (Lipinski definition) is 1. The molecule has 1 fully saturated rings. The number of rotatable bonds is 5. The standard InChI is InChI=1S/C15H22FN3O/c1-2-18-8-10-19(11-9-18)7-6-15(20)17-14-5-3-4-13(16)12-14/h3-5,12H,2,6-11H2,1H3,(H,17,20). The van der Waals surface area contributed by atoms with Gasteiger partial charge in [0.15, 0.2) is 0 Å². The van der Waals surface area contributed by atoms with Gasteiger partial charge in [0.1, 0.15) is 5.82 Å². The molecule has 0 bridgehead atoms. The molecular weight excluding hydrogens is 257 g/mol. The van der Waals surface area contributed by atoms with Gasteiger partial charge in [-0.25, -0.2) is 4.39 Å². The van der Waals surface area contributed by atoms with Gasteiger partial charge in [-0.05, 0) is 24.7 Å². The van der Waals surface area contributed by atoms with Crippen LogP contribution in [0.25, 0.3) is 0 Å². The van der Waals surface area contributed by atoms with Crippen molar-refractivity contribution in [1.82, 2.24) is 9.80 Å². The zero-order chi connectivity index (χ0) is 14.4. The van der Waals surface area contributed by atoms with Crippen LogP contribution in [0.3, 0.4) is 0 Å². The van der Waals surface area contributed by atoms with Gasteiger partial charge < -0.3 is 15.1 Å². The molecule has 1 aromatic rings. The smallest absolute Gasteiger partial charge is 0.225 e. The molecule has 0 radical (unpaired) electrons. The third kappa shape index (κ3) is 4.58. The Morgan fingerprint density at radius 2 is 1.95 bits per heavy atom. The number of piperazine rings is 1. The molecule has 0 aliphatic carbocycles. The number of hydrogen-bond acceptors (Lipinski definition) is 3. The second-order valence-corrected chi connectivity index (χ2v) is 5.08. The largest absolute Gasteiger partial charge is 0.326 e. The van der Waals surface area contributed by atoms with Gasteiger partial charge >= 0.3 is 0 Å². The van der Waals surface area contributed by atoms with Crippen molar-refractivity contribution in [2.24, 2.45) is 0 Å². The van der Waals surface area contributed by atoms with E-state index in [2.05, 4.69) is 22.0 Å². The Kier molecular flexibility index (Phi) is 5.49. The lowest BCUT2D eigenvalue weighted by molar-refractivity contribution is -0.116. The van der Waals surface area contributed by atoms with Gasteiger partial charge in [0.25, 0.3) is 0 Å². The van der Waals surface area contributed by atoms with Crippen molar-refractivity contribution in [2.75, 3.05) is 44.6 Å². The molecule has 1 aliphatic rings. The molecule has 5 heteroatoms. The average Bonchev–Trinajstić information content (AvgIpc) is 2.46. The Labute approximate surface area is 119 Å². The van der Waals surface area contributed by atoms with Gasteiger partial charge in [0.05, 0.1) is 0 Å². The van der Waals surface area contributed by atoms with E-state index in [0.717, 1.165) is 39.3 Å². The highest BCUT2D eigenvalue weighted by Gasteiger charge is 2.16. The van der Waals surface area contributed by atoms with E-state index in [1.54, 1.807) is 12.1 Å². The molecule has 1 aromatic carbocycles. The van der Waals surface area contributed by atoms with Gasteiger partial charge in [-0.15, -0.1) is 0 Å². The first-order chi connectivity index (χ1) is 9.67. The van der Waals surface area contributed by atoms with E-state index in [0.29, 0.717) is 12.1 Å². The highest BCUT2D eigenvalue weighted by atomic mass is 19.1. The van der Waals surface area contributed by atoms with E-state index in [4.69, 9.17) is 0 Å². The summed E-state index contributed by atoms with van der Waals surface area (Å²) in [4.78, 5) is 16.5. The number of amides is 1. The number of benzene rings is 1. The first kappa shape index (κ1) is 14.9. The lowest BCUT2D eigenvalue weighted by atomic mass is 10.2. The fraction of sp³-hybridized carbons (Fsp3) is 0.533. The lowest BCUT2D eigenvalue weighted by Crippen LogP contribution is -2.46. The SMILES string of the molecule is CCN1CCN(CCC(=O)Nc2cccc(F)c2)CC1. The Morgan fingerprint density at radius 3 is 2.60 bits per heavy atom. The van der Waals surface area contributed by atoms with Gasteiger partial charge in [-0.1, -0.05) is 13.0 Å². The summed E-state index contributed by atoms with van der Waals surface area (Å²) in [5.74, 6) is -0.396. The van der Waals surface area contributed by atoms with E-state index in [-0.39, 0.29) is 11.7 Å². The Hall–Kier alpha value is -1.46. The molecule has 1 heterocycles. The van der Waals surface area contributed by atoms with Crippen LogP contribution in [-0.4, -0.2) is 55.0 Å². The quantitative estimate of drug-likeness (QED) is 0.892. The number of halogens is 1. The monoisotopic (exact) mass is 279 g/mol. The molecule has 1 N–H and O–H groups in total. The summed E-state index contributed by atoms with van der Waals surface area (Å²) in [6.45, 7) is 8.20. The van der Waals surface area contributed by atoms with Crippen LogP contribution in [-0.2, 0) is 4.79 Å². The van der Waals surface area contributed by atoms with Gasteiger partial charge in [-0.2, -0.15) is 0 Å². The normalized spacial score (nSPS) is 17.1. The molecule has 0 aromatic heterocycles. The van der Waals surface area contributed by atoms with Crippen LogP contribution >= 0.6 is 0 Å². The maximum absolute atomic E-state index is 13.0. The summed E-state index contributed by atoms with van der Waals surface area (Å²) >= 11 is 0. The molecular formula is C15H22FN3O. The topological polar surface area (TPSA) is 35.6 Å². The van der Waals surface area contributed by atoms with E-state index in [1.807, 2.05) is 0 Å². The number of anilines is 1. The minimum Gasteiger partial charge on any atom is -0.326 e. The molecule has 0 spiro atoms. The minimum absolute atomic E-state index is 0.0616. The van der Waals surface area contributed by atoms with Gasteiger partial charge in [0.2, 0.25) is 5.91 Å². The minimum atomic E-state index is -0.335. The van der Waals surface area contributed by atoms with Crippen LogP contribution in [0.5, 0.6) is 0 Å². The van der Waals surface area contributed by atoms with E-state index >= 15 is 0 Å². The number of carbonyl (C=O) groups excluding carboxylic acids is 1. The Bertz CT molecular complexity index is 444. The van der Waals surface area contributed by atoms with Crippen LogP contribution in [0.4, 0.5) is 10.1 Å². The summed E-state index contributed by atoms with van der Waals surface area (Å²) in [5.41, 5.74) is 0.519. The molecule has 0 atom stereocenters. The summed E-state index contributed by atoms with van der Waals surface area (Å²) in [6, 6.07) is 5.98. The zero-order valence-electron chi connectivity index (χ0n) is 11.9. The molecule has 2 rings (SSSR count). The fourth-order valence-electron chi connectivity index (χ4n) is 2.38. The first-order valence-electron chi connectivity index (χ1n) is 7.17. The van der Waals surface area contributed by atoms with Crippen LogP contribution in [0.1, 0.15) is 13.3 Å². The highest BCUT2D eigenvalue weighted by molar-refractivity contribution is 5.90. The Morgan fingerprint density at radius 1 is 1.25 bits per heavy atom. The second kappa shape index (κ2) is 7.36. The fourth-order valence-corrected chi connectivity index (χ4v) is 2.38. The number of nitrogens with one attached hydrogen (secondary N) is 1. The van der Waals surface area contributed by atoms with Crippen LogP contribution < -0.4 is 5.32 Å². The first-order valence-corrected chi connectivity index (χ1v) is 7.17. The molecule has 1 saturated heterocycles. The lowest BCUT2D eigenvalue weighted by Gasteiger charge is -2.33. The maximum Gasteiger partial charge on any atom is 0.225 e. The third-order valence-corrected chi connectivity index (χ3v) is 3.68. The second-order valence-electron chi connectivity index (χ2n) is 5.08. The number of likely N-dealkylation sites (N-methyl/N-ethyl adjacent to an activating group) is 1. The number of carbonyl (C=O) groups is 1. The highest BCUT2D eigenvalue weighted by Crippen LogP contribution is 2.09. The molecule has 110 valence electrons. The number of nitrogens with zero attached hydrogens (tertiary/aromatic N) is 2. The summed E-state index contributed by atoms with van der Waals surface area (Å²) in [6.07, 6.45) is 0.447. The van der Waals surface area contributed by atoms with Crippen molar-refractivity contribution in [1.29, 1.82) is 0 Å². The summed E-state index contributed by atoms with van der Waals surface area (Å²) < 4.78 is 13.0. The van der Waals surface area contributed by atoms with Crippen molar-refractivity contribution < 1.29 is 9.18 Å². The van der Waals surface area contributed by atoms with Crippen LogP contribution in [0, 0.1) is 5.82 Å². The van der Waals surface area contributed by atoms with Crippen molar-refractivity contribution in [3.63, 3.8) is 0 Å². The molecule has 1 amide bonds. The van der Waals surface area contributed by atoms with Gasteiger partial charge in [0, 0.05) is 44.8 Å². The summed E-state index contributed by atoms with van der Waals surface area (Å²) in [5, 5.41) is 2.73. The summed E-state index contributed by atoms with van der Waals surface area (Å²) in [7, 11) is 0. The average molecular weight is 279 g/mol. The Balaban J connectivity index is 1.70. The zero-order valence-corrected chi connectivity index (χ0v) is 11.9. The van der Waals surface area contributed by atoms with E-state index in [1.165, 1.54) is 12.1 Å². The van der Waals surface area contributed by atoms with E-state index < -0.39 is 0 Å². The predicted molar refractivity (Wildman–Crippen MR) is 78.2 cm³/mol. The molecule has 0 saturated carbocycles. The predicted octanol–water partition coefficient (Wildman–Crippen LogP) is 1.79. The van der Waals surface area contributed by atoms with Crippen LogP contribution in [0.15, 0.2) is 24.3 Å². The third-order valence-electron chi connectivity index (χ3n) is 3.68. The van der Waals surface area contributed by atoms with E-state index in [9.17, 15) is 9.18 Å². The molecule has 1 aliphatic heterocycles. The molecule has 4 nitrogen and oxygen atoms in total. The van der Waals surface area contributed by atoms with Gasteiger partial charge in [-0.3, -0.25) is 4.79 Å². The van der Waals surface area contributed by atoms with Crippen molar-refractivity contribution >= 4 is 11.6 Å². The molecule has 0 unspecified atom stereocenters. The van der Waals surface area contributed by atoms with Crippen LogP contribution in [0.2, 0.25) is 0 Å². The van der Waals surface area contributed by atoms with Crippen molar-refractivity contribution in [3.8, 4) is 0 Å². The molecule has 20 heavy (non-hydrogen) atoms. The van der Waals surface area contributed by atoms with Crippen molar-refractivity contribution in [3.05, 3.63) is 30.1 Å². The van der Waals surface area contributed by atoms with Crippen molar-refractivity contribution in [2.45, 2.75) is 13.3 Å².